The number of benzene rings is 1. The number of aromatic nitrogens is 1. The highest BCUT2D eigenvalue weighted by molar-refractivity contribution is 7.14. The predicted molar refractivity (Wildman–Crippen MR) is 124 cm³/mol. The topological polar surface area (TPSA) is 68.8 Å². The molecule has 3 heterocycles. The van der Waals surface area contributed by atoms with Gasteiger partial charge in [0.05, 0.1) is 5.56 Å². The molecule has 31 heavy (non-hydrogen) atoms. The summed E-state index contributed by atoms with van der Waals surface area (Å²) in [6.45, 7) is 3.16. The summed E-state index contributed by atoms with van der Waals surface area (Å²) in [5, 5.41) is 5.36. The van der Waals surface area contributed by atoms with E-state index in [1.807, 2.05) is 53.9 Å². The summed E-state index contributed by atoms with van der Waals surface area (Å²) < 4.78 is 0. The third kappa shape index (κ3) is 5.03. The first-order chi connectivity index (χ1) is 15.1. The van der Waals surface area contributed by atoms with Gasteiger partial charge in [-0.05, 0) is 29.1 Å². The Balaban J connectivity index is 1.35. The van der Waals surface area contributed by atoms with Crippen molar-refractivity contribution in [2.45, 2.75) is 6.54 Å². The van der Waals surface area contributed by atoms with Gasteiger partial charge in [0.15, 0.2) is 0 Å². The molecular weight excluding hydrogens is 410 g/mol. The minimum atomic E-state index is -0.178. The van der Waals surface area contributed by atoms with Gasteiger partial charge in [-0.2, -0.15) is 0 Å². The van der Waals surface area contributed by atoms with Crippen molar-refractivity contribution in [2.24, 2.45) is 0 Å². The average Bonchev–Trinajstić information content (AvgIpc) is 3.28. The molecule has 1 fully saturated rings. The van der Waals surface area contributed by atoms with E-state index in [0.717, 1.165) is 24.5 Å². The minimum Gasteiger partial charge on any atom is -0.353 e. The number of anilines is 2. The number of amides is 3. The second-order valence-corrected chi connectivity index (χ2v) is 8.32. The summed E-state index contributed by atoms with van der Waals surface area (Å²) in [5.74, 6) is 0.815. The molecule has 7 nitrogen and oxygen atoms in total. The van der Waals surface area contributed by atoms with E-state index < -0.39 is 0 Å². The molecule has 8 heteroatoms. The smallest absolute Gasteiger partial charge is 0.322 e. The minimum absolute atomic E-state index is 0.111. The van der Waals surface area contributed by atoms with Gasteiger partial charge < -0.3 is 14.7 Å². The van der Waals surface area contributed by atoms with E-state index in [1.165, 1.54) is 11.3 Å². The number of hydrogen-bond acceptors (Lipinski definition) is 5. The molecule has 1 aromatic carbocycles. The summed E-state index contributed by atoms with van der Waals surface area (Å²) in [6.07, 6.45) is 1.78. The molecule has 3 aromatic rings. The van der Waals surface area contributed by atoms with Crippen molar-refractivity contribution < 1.29 is 9.59 Å². The monoisotopic (exact) mass is 435 g/mol. The molecule has 1 aliphatic rings. The number of carbonyl (C=O) groups is 2. The molecule has 3 amide bonds. The van der Waals surface area contributed by atoms with Crippen LogP contribution in [0.15, 0.2) is 66.2 Å². The van der Waals surface area contributed by atoms with Crippen LogP contribution in [0, 0.1) is 0 Å². The molecule has 0 unspecified atom stereocenters. The lowest BCUT2D eigenvalue weighted by atomic mass is 10.2. The molecule has 4 rings (SSSR count). The zero-order valence-corrected chi connectivity index (χ0v) is 18.2. The van der Waals surface area contributed by atoms with Gasteiger partial charge in [0.25, 0.3) is 5.91 Å². The molecule has 2 aromatic heterocycles. The lowest BCUT2D eigenvalue weighted by molar-refractivity contribution is 0.0786. The Kier molecular flexibility index (Phi) is 6.47. The van der Waals surface area contributed by atoms with Crippen LogP contribution in [0.4, 0.5) is 15.6 Å². The molecule has 0 atom stereocenters. The number of rotatable bonds is 5. The number of hydrogen-bond donors (Lipinski definition) is 1. The highest BCUT2D eigenvalue weighted by atomic mass is 32.1. The fourth-order valence-electron chi connectivity index (χ4n) is 3.56. The van der Waals surface area contributed by atoms with Crippen LogP contribution in [0.1, 0.15) is 15.9 Å². The Labute approximate surface area is 185 Å². The molecule has 0 aliphatic carbocycles. The Hall–Kier alpha value is -3.39. The second kappa shape index (κ2) is 9.61. The van der Waals surface area contributed by atoms with Crippen molar-refractivity contribution in [3.63, 3.8) is 0 Å². The van der Waals surface area contributed by atoms with Crippen molar-refractivity contribution in [3.8, 4) is 0 Å². The quantitative estimate of drug-likeness (QED) is 0.662. The Morgan fingerprint density at radius 3 is 2.48 bits per heavy atom. The number of urea groups is 1. The summed E-state index contributed by atoms with van der Waals surface area (Å²) >= 11 is 1.36. The summed E-state index contributed by atoms with van der Waals surface area (Å²) in [7, 11) is 1.77. The van der Waals surface area contributed by atoms with Crippen molar-refractivity contribution >= 4 is 34.1 Å². The SMILES string of the molecule is CN(Cc1ccccc1)C(=O)c1ccsc1NC(=O)N1CCN(c2ccccn2)CC1. The van der Waals surface area contributed by atoms with E-state index >= 15 is 0 Å². The van der Waals surface area contributed by atoms with Crippen LogP contribution in [0.25, 0.3) is 0 Å². The highest BCUT2D eigenvalue weighted by Gasteiger charge is 2.24. The van der Waals surface area contributed by atoms with Gasteiger partial charge in [0.1, 0.15) is 10.8 Å². The van der Waals surface area contributed by atoms with E-state index in [9.17, 15) is 9.59 Å². The number of thiophene rings is 1. The van der Waals surface area contributed by atoms with Gasteiger partial charge in [0.2, 0.25) is 0 Å². The van der Waals surface area contributed by atoms with Gasteiger partial charge in [-0.25, -0.2) is 9.78 Å². The summed E-state index contributed by atoms with van der Waals surface area (Å²) in [4.78, 5) is 35.7. The van der Waals surface area contributed by atoms with Crippen LogP contribution < -0.4 is 10.2 Å². The molecule has 1 aliphatic heterocycles. The molecule has 0 radical (unpaired) electrons. The van der Waals surface area contributed by atoms with Crippen molar-refractivity contribution in [3.05, 3.63) is 77.3 Å². The van der Waals surface area contributed by atoms with Crippen LogP contribution in [-0.2, 0) is 6.54 Å². The fourth-order valence-corrected chi connectivity index (χ4v) is 4.33. The molecule has 1 N–H and O–H groups in total. The van der Waals surface area contributed by atoms with E-state index in [1.54, 1.807) is 29.1 Å². The third-order valence-electron chi connectivity index (χ3n) is 5.27. The summed E-state index contributed by atoms with van der Waals surface area (Å²) in [5.41, 5.74) is 1.58. The second-order valence-electron chi connectivity index (χ2n) is 7.40. The van der Waals surface area contributed by atoms with Gasteiger partial charge >= 0.3 is 6.03 Å². The van der Waals surface area contributed by atoms with E-state index in [2.05, 4.69) is 15.2 Å². The fraction of sp³-hybridized carbons (Fsp3) is 0.261. The highest BCUT2D eigenvalue weighted by Crippen LogP contribution is 2.25. The zero-order valence-electron chi connectivity index (χ0n) is 17.4. The number of pyridine rings is 1. The summed E-state index contributed by atoms with van der Waals surface area (Å²) in [6, 6.07) is 17.3. The maximum atomic E-state index is 12.9. The molecular formula is C23H25N5O2S. The van der Waals surface area contributed by atoms with Crippen molar-refractivity contribution in [2.75, 3.05) is 43.4 Å². The van der Waals surface area contributed by atoms with E-state index in [0.29, 0.717) is 30.2 Å². The predicted octanol–water partition coefficient (Wildman–Crippen LogP) is 3.77. The van der Waals surface area contributed by atoms with Crippen molar-refractivity contribution in [1.29, 1.82) is 0 Å². The average molecular weight is 436 g/mol. The van der Waals surface area contributed by atoms with E-state index in [-0.39, 0.29) is 11.9 Å². The first-order valence-corrected chi connectivity index (χ1v) is 11.1. The van der Waals surface area contributed by atoms with Crippen molar-refractivity contribution in [1.82, 2.24) is 14.8 Å². The zero-order chi connectivity index (χ0) is 21.6. The standard InChI is InChI=1S/C23H25N5O2S/c1-26(17-18-7-3-2-4-8-18)22(29)19-10-16-31-21(19)25-23(30)28-14-12-27(13-15-28)20-9-5-6-11-24-20/h2-11,16H,12-15,17H2,1H3,(H,25,30). The van der Waals surface area contributed by atoms with E-state index in [4.69, 9.17) is 0 Å². The number of nitrogens with zero attached hydrogens (tertiary/aromatic N) is 4. The largest absolute Gasteiger partial charge is 0.353 e. The molecule has 1 saturated heterocycles. The molecule has 0 bridgehead atoms. The number of piperazine rings is 1. The number of nitrogens with one attached hydrogen (secondary N) is 1. The Morgan fingerprint density at radius 1 is 1.03 bits per heavy atom. The van der Waals surface area contributed by atoms with Gasteiger partial charge in [0, 0.05) is 46.0 Å². The first kappa shape index (κ1) is 20.9. The van der Waals surface area contributed by atoms with Gasteiger partial charge in [-0.1, -0.05) is 36.4 Å². The van der Waals surface area contributed by atoms with Crippen LogP contribution in [0.2, 0.25) is 0 Å². The first-order valence-electron chi connectivity index (χ1n) is 10.2. The normalized spacial score (nSPS) is 13.7. The van der Waals surface area contributed by atoms with Gasteiger partial charge in [-0.3, -0.25) is 10.1 Å². The Bertz CT molecular complexity index is 1020. The molecule has 160 valence electrons. The maximum Gasteiger partial charge on any atom is 0.322 e. The van der Waals surface area contributed by atoms with Crippen LogP contribution in [-0.4, -0.2) is 59.9 Å². The molecule has 0 spiro atoms. The molecule has 0 saturated carbocycles. The van der Waals surface area contributed by atoms with Crippen LogP contribution in [0.5, 0.6) is 0 Å². The van der Waals surface area contributed by atoms with Crippen LogP contribution >= 0.6 is 11.3 Å². The Morgan fingerprint density at radius 2 is 1.77 bits per heavy atom. The number of carbonyl (C=O) groups excluding carboxylic acids is 2. The maximum absolute atomic E-state index is 12.9. The third-order valence-corrected chi connectivity index (χ3v) is 6.10. The lowest BCUT2D eigenvalue weighted by Crippen LogP contribution is -2.50. The van der Waals surface area contributed by atoms with Crippen LogP contribution in [0.3, 0.4) is 0 Å². The lowest BCUT2D eigenvalue weighted by Gasteiger charge is -2.35. The van der Waals surface area contributed by atoms with Gasteiger partial charge in [-0.15, -0.1) is 11.3 Å².